The van der Waals surface area contributed by atoms with Crippen molar-refractivity contribution in [2.75, 3.05) is 6.54 Å². The quantitative estimate of drug-likeness (QED) is 0.299. The van der Waals surface area contributed by atoms with Crippen molar-refractivity contribution in [3.63, 3.8) is 0 Å². The Balaban J connectivity index is 1.53. The van der Waals surface area contributed by atoms with Gasteiger partial charge in [-0.2, -0.15) is 5.10 Å². The number of hydrogen-bond donors (Lipinski definition) is 5. The van der Waals surface area contributed by atoms with Gasteiger partial charge in [-0.3, -0.25) is 5.10 Å². The van der Waals surface area contributed by atoms with Crippen LogP contribution in [-0.2, 0) is 24.8 Å². The summed E-state index contributed by atoms with van der Waals surface area (Å²) in [5.74, 6) is -1.51. The van der Waals surface area contributed by atoms with Gasteiger partial charge in [0.05, 0.1) is 23.9 Å². The molecule has 33 heavy (non-hydrogen) atoms. The van der Waals surface area contributed by atoms with Crippen LogP contribution >= 0.6 is 27.3 Å². The zero-order valence-corrected chi connectivity index (χ0v) is 19.8. The predicted octanol–water partition coefficient (Wildman–Crippen LogP) is 3.73. The van der Waals surface area contributed by atoms with Gasteiger partial charge in [-0.05, 0) is 70.9 Å². The molecule has 0 aliphatic heterocycles. The summed E-state index contributed by atoms with van der Waals surface area (Å²) in [5.41, 5.74) is 1.96. The van der Waals surface area contributed by atoms with Crippen molar-refractivity contribution >= 4 is 33.4 Å². The summed E-state index contributed by atoms with van der Waals surface area (Å²) in [6, 6.07) is 4.09. The largest absolute Gasteiger partial charge is 0.465 e. The third-order valence-electron chi connectivity index (χ3n) is 5.94. The Morgan fingerprint density at radius 2 is 2.06 bits per heavy atom. The van der Waals surface area contributed by atoms with E-state index in [1.54, 1.807) is 17.5 Å². The number of nitrogens with zero attached hydrogens (tertiary/aromatic N) is 1. The van der Waals surface area contributed by atoms with E-state index in [1.807, 2.05) is 11.4 Å². The van der Waals surface area contributed by atoms with Gasteiger partial charge in [-0.25, -0.2) is 13.6 Å². The summed E-state index contributed by atoms with van der Waals surface area (Å²) in [5, 5.41) is 35.1. The highest BCUT2D eigenvalue weighted by Gasteiger charge is 2.39. The van der Waals surface area contributed by atoms with Gasteiger partial charge in [-0.1, -0.05) is 0 Å². The Morgan fingerprint density at radius 1 is 1.30 bits per heavy atom. The van der Waals surface area contributed by atoms with Gasteiger partial charge in [0.25, 0.3) is 0 Å². The van der Waals surface area contributed by atoms with Crippen LogP contribution < -0.4 is 10.6 Å². The fourth-order valence-electron chi connectivity index (χ4n) is 4.34. The van der Waals surface area contributed by atoms with Crippen molar-refractivity contribution in [3.8, 4) is 0 Å². The Bertz CT molecular complexity index is 1120. The Kier molecular flexibility index (Phi) is 7.13. The molecular weight excluding hydrogens is 518 g/mol. The Labute approximate surface area is 201 Å². The number of nitrogens with one attached hydrogen (secondary N) is 3. The number of fused-ring (bicyclic) bond motifs is 1. The van der Waals surface area contributed by atoms with E-state index in [1.165, 1.54) is 0 Å². The minimum Gasteiger partial charge on any atom is -0.465 e. The summed E-state index contributed by atoms with van der Waals surface area (Å²) in [6.07, 6.45) is 1.46. The van der Waals surface area contributed by atoms with Crippen LogP contribution in [0.3, 0.4) is 0 Å². The molecule has 1 aliphatic rings. The number of H-pyrrole nitrogens is 1. The number of benzene rings is 1. The summed E-state index contributed by atoms with van der Waals surface area (Å²) in [6.45, 7) is 0.0748. The van der Waals surface area contributed by atoms with E-state index in [0.717, 1.165) is 51.6 Å². The lowest BCUT2D eigenvalue weighted by Crippen LogP contribution is -2.54. The molecule has 3 aromatic rings. The molecule has 1 aliphatic carbocycles. The van der Waals surface area contributed by atoms with Gasteiger partial charge in [0.1, 0.15) is 11.6 Å². The maximum Gasteiger partial charge on any atom is 0.404 e. The van der Waals surface area contributed by atoms with E-state index < -0.39 is 35.4 Å². The average Bonchev–Trinajstić information content (AvgIpc) is 3.39. The lowest BCUT2D eigenvalue weighted by molar-refractivity contribution is 0.105. The van der Waals surface area contributed by atoms with Crippen LogP contribution in [-0.4, -0.2) is 45.2 Å². The molecular formula is C22H23BrF2N4O3S. The van der Waals surface area contributed by atoms with E-state index in [-0.39, 0.29) is 18.5 Å². The molecule has 0 fully saturated rings. The van der Waals surface area contributed by atoms with Gasteiger partial charge >= 0.3 is 6.09 Å². The number of rotatable bonds is 8. The fourth-order valence-corrected chi connectivity index (χ4v) is 5.97. The Morgan fingerprint density at radius 3 is 2.73 bits per heavy atom. The van der Waals surface area contributed by atoms with Gasteiger partial charge < -0.3 is 20.8 Å². The van der Waals surface area contributed by atoms with E-state index in [0.29, 0.717) is 6.42 Å². The molecule has 7 nitrogen and oxygen atoms in total. The standard InChI is InChI=1S/C22H23BrF2N4O3S/c23-14-6-20(33-11-14)22(2-1-17-13(8-22)9-27-29-17)26-10-19(30)18(28-21(31)32)5-12-3-15(24)7-16(25)4-12/h3-4,6-7,9,11,18-19,26,28,30H,1-2,5,8,10H2,(H,27,29)(H,31,32). The minimum absolute atomic E-state index is 0.0622. The van der Waals surface area contributed by atoms with E-state index in [2.05, 4.69) is 36.8 Å². The molecule has 176 valence electrons. The van der Waals surface area contributed by atoms with Crippen LogP contribution in [0.25, 0.3) is 0 Å². The summed E-state index contributed by atoms with van der Waals surface area (Å²) in [7, 11) is 0. The van der Waals surface area contributed by atoms with Crippen molar-refractivity contribution in [1.82, 2.24) is 20.8 Å². The highest BCUT2D eigenvalue weighted by molar-refractivity contribution is 9.10. The fraction of sp³-hybridized carbons (Fsp3) is 0.364. The zero-order valence-electron chi connectivity index (χ0n) is 17.4. The number of thiophene rings is 1. The number of carbonyl (C=O) groups is 1. The topological polar surface area (TPSA) is 110 Å². The third-order valence-corrected chi connectivity index (χ3v) is 7.84. The number of halogens is 3. The van der Waals surface area contributed by atoms with E-state index in [9.17, 15) is 23.8 Å². The van der Waals surface area contributed by atoms with Gasteiger partial charge in [0, 0.05) is 33.0 Å². The van der Waals surface area contributed by atoms with E-state index >= 15 is 0 Å². The molecule has 3 atom stereocenters. The summed E-state index contributed by atoms with van der Waals surface area (Å²) < 4.78 is 28.2. The van der Waals surface area contributed by atoms with Gasteiger partial charge in [0.2, 0.25) is 0 Å². The smallest absolute Gasteiger partial charge is 0.404 e. The van der Waals surface area contributed by atoms with Crippen LogP contribution in [0, 0.1) is 11.6 Å². The SMILES string of the molecule is O=C(O)NC(Cc1cc(F)cc(F)c1)C(O)CNC1(c2cc(Br)cs2)CCc2[nH]ncc2C1. The molecule has 0 saturated carbocycles. The van der Waals surface area contributed by atoms with Crippen molar-refractivity contribution in [1.29, 1.82) is 0 Å². The number of amides is 1. The molecule has 4 rings (SSSR count). The van der Waals surface area contributed by atoms with Crippen molar-refractivity contribution < 1.29 is 23.8 Å². The lowest BCUT2D eigenvalue weighted by atomic mass is 9.79. The minimum atomic E-state index is -1.33. The third kappa shape index (κ3) is 5.60. The van der Waals surface area contributed by atoms with Crippen LogP contribution in [0.5, 0.6) is 0 Å². The molecule has 0 spiro atoms. The molecule has 0 bridgehead atoms. The van der Waals surface area contributed by atoms with Crippen molar-refractivity contribution in [2.24, 2.45) is 0 Å². The van der Waals surface area contributed by atoms with E-state index in [4.69, 9.17) is 0 Å². The number of aromatic amines is 1. The first kappa shape index (κ1) is 23.8. The zero-order chi connectivity index (χ0) is 23.6. The second-order valence-corrected chi connectivity index (χ2v) is 10.1. The second kappa shape index (κ2) is 9.88. The highest BCUT2D eigenvalue weighted by atomic mass is 79.9. The highest BCUT2D eigenvalue weighted by Crippen LogP contribution is 2.39. The summed E-state index contributed by atoms with van der Waals surface area (Å²) >= 11 is 5.10. The maximum atomic E-state index is 13.6. The molecule has 0 radical (unpaired) electrons. The first-order valence-corrected chi connectivity index (χ1v) is 12.0. The second-order valence-electron chi connectivity index (χ2n) is 8.25. The number of aromatic nitrogens is 2. The number of aliphatic hydroxyl groups excluding tert-OH is 1. The first-order chi connectivity index (χ1) is 15.7. The maximum absolute atomic E-state index is 13.6. The molecule has 11 heteroatoms. The molecule has 0 saturated heterocycles. The van der Waals surface area contributed by atoms with Crippen LogP contribution in [0.4, 0.5) is 13.6 Å². The molecule has 2 heterocycles. The molecule has 5 N–H and O–H groups in total. The number of aliphatic hydroxyl groups is 1. The summed E-state index contributed by atoms with van der Waals surface area (Å²) in [4.78, 5) is 12.4. The Hall–Kier alpha value is -2.34. The van der Waals surface area contributed by atoms with Crippen molar-refractivity contribution in [2.45, 2.75) is 43.4 Å². The van der Waals surface area contributed by atoms with Crippen LogP contribution in [0.1, 0.15) is 28.1 Å². The lowest BCUT2D eigenvalue weighted by Gasteiger charge is -2.38. The molecule has 2 aromatic heterocycles. The van der Waals surface area contributed by atoms with Crippen LogP contribution in [0.15, 0.2) is 40.3 Å². The predicted molar refractivity (Wildman–Crippen MR) is 123 cm³/mol. The molecule has 1 aromatic carbocycles. The van der Waals surface area contributed by atoms with Crippen molar-refractivity contribution in [3.05, 3.63) is 73.6 Å². The number of aryl methyl sites for hydroxylation is 1. The van der Waals surface area contributed by atoms with Crippen LogP contribution in [0.2, 0.25) is 0 Å². The number of carboxylic acid groups (broad SMARTS) is 1. The molecule has 3 unspecified atom stereocenters. The average molecular weight is 541 g/mol. The van der Waals surface area contributed by atoms with Gasteiger partial charge in [-0.15, -0.1) is 11.3 Å². The van der Waals surface area contributed by atoms with Gasteiger partial charge in [0.15, 0.2) is 0 Å². The monoisotopic (exact) mass is 540 g/mol. The molecule has 1 amide bonds. The normalized spacial score (nSPS) is 19.6. The number of hydrogen-bond acceptors (Lipinski definition) is 5. The first-order valence-electron chi connectivity index (χ1n) is 10.4.